The molecular formula is C22H22ClNO3. The highest BCUT2D eigenvalue weighted by atomic mass is 35.5. The summed E-state index contributed by atoms with van der Waals surface area (Å²) >= 11 is 6.44. The average Bonchev–Trinajstić information content (AvgIpc) is 3.06. The number of ether oxygens (including phenoxy) is 2. The lowest BCUT2D eigenvalue weighted by molar-refractivity contribution is 0.0935. The molecule has 0 aliphatic carbocycles. The second kappa shape index (κ2) is 7.75. The molecule has 2 aromatic carbocycles. The fourth-order valence-electron chi connectivity index (χ4n) is 3.79. The summed E-state index contributed by atoms with van der Waals surface area (Å²) in [4.78, 5) is 13.1. The number of ketones is 1. The van der Waals surface area contributed by atoms with E-state index in [-0.39, 0.29) is 11.7 Å². The number of fused-ring (bicyclic) bond motifs is 2. The fourth-order valence-corrected chi connectivity index (χ4v) is 4.06. The maximum atomic E-state index is 13.1. The SMILES string of the molecule is COCCn1cc(C(=O)CC2COc3ccccc3C2)c2c(Cl)cccc21. The van der Waals surface area contributed by atoms with Crippen molar-refractivity contribution >= 4 is 28.3 Å². The van der Waals surface area contributed by atoms with Crippen LogP contribution in [0.15, 0.2) is 48.7 Å². The third-order valence-electron chi connectivity index (χ3n) is 5.12. The van der Waals surface area contributed by atoms with Gasteiger partial charge in [0, 0.05) is 43.1 Å². The van der Waals surface area contributed by atoms with E-state index in [2.05, 4.69) is 6.07 Å². The summed E-state index contributed by atoms with van der Waals surface area (Å²) in [6, 6.07) is 13.8. The maximum absolute atomic E-state index is 13.1. The van der Waals surface area contributed by atoms with E-state index >= 15 is 0 Å². The highest BCUT2D eigenvalue weighted by Crippen LogP contribution is 2.32. The molecule has 140 valence electrons. The van der Waals surface area contributed by atoms with Crippen LogP contribution in [-0.2, 0) is 17.7 Å². The predicted molar refractivity (Wildman–Crippen MR) is 107 cm³/mol. The van der Waals surface area contributed by atoms with Gasteiger partial charge < -0.3 is 14.0 Å². The zero-order valence-electron chi connectivity index (χ0n) is 15.3. The van der Waals surface area contributed by atoms with E-state index in [1.165, 1.54) is 5.56 Å². The Morgan fingerprint density at radius 1 is 1.26 bits per heavy atom. The molecule has 3 aromatic rings. The molecule has 0 saturated carbocycles. The second-order valence-corrected chi connectivity index (χ2v) is 7.39. The van der Waals surface area contributed by atoms with E-state index in [0.29, 0.717) is 36.8 Å². The summed E-state index contributed by atoms with van der Waals surface area (Å²) in [5.74, 6) is 1.21. The molecule has 0 spiro atoms. The van der Waals surface area contributed by atoms with Crippen molar-refractivity contribution in [2.75, 3.05) is 20.3 Å². The van der Waals surface area contributed by atoms with Gasteiger partial charge in [-0.1, -0.05) is 35.9 Å². The minimum atomic E-state index is 0.109. The largest absolute Gasteiger partial charge is 0.493 e. The number of nitrogens with zero attached hydrogens (tertiary/aromatic N) is 1. The Balaban J connectivity index is 1.60. The topological polar surface area (TPSA) is 40.5 Å². The van der Waals surface area contributed by atoms with E-state index in [9.17, 15) is 4.79 Å². The van der Waals surface area contributed by atoms with Crippen LogP contribution in [0.1, 0.15) is 22.3 Å². The van der Waals surface area contributed by atoms with Crippen LogP contribution in [0.5, 0.6) is 5.75 Å². The molecule has 27 heavy (non-hydrogen) atoms. The molecule has 0 radical (unpaired) electrons. The predicted octanol–water partition coefficient (Wildman–Crippen LogP) is 4.77. The zero-order chi connectivity index (χ0) is 18.8. The molecule has 0 amide bonds. The maximum Gasteiger partial charge on any atom is 0.165 e. The second-order valence-electron chi connectivity index (χ2n) is 6.98. The molecule has 0 N–H and O–H groups in total. The van der Waals surface area contributed by atoms with Gasteiger partial charge >= 0.3 is 0 Å². The van der Waals surface area contributed by atoms with Crippen molar-refractivity contribution in [3.8, 4) is 5.75 Å². The van der Waals surface area contributed by atoms with E-state index in [4.69, 9.17) is 21.1 Å². The van der Waals surface area contributed by atoms with Gasteiger partial charge in [0.05, 0.1) is 23.8 Å². The molecule has 1 aromatic heterocycles. The molecule has 0 bridgehead atoms. The molecule has 0 saturated heterocycles. The van der Waals surface area contributed by atoms with Gasteiger partial charge in [0.25, 0.3) is 0 Å². The standard InChI is InChI=1S/C22H22ClNO3/c1-26-10-9-24-13-17(22-18(23)6-4-7-19(22)24)20(25)12-15-11-16-5-2-3-8-21(16)27-14-15/h2-8,13,15H,9-12,14H2,1H3. The Morgan fingerprint density at radius 2 is 2.11 bits per heavy atom. The molecule has 0 fully saturated rings. The molecule has 1 atom stereocenters. The Kier molecular flexibility index (Phi) is 5.19. The number of aromatic nitrogens is 1. The number of hydrogen-bond donors (Lipinski definition) is 0. The van der Waals surface area contributed by atoms with Crippen molar-refractivity contribution in [2.45, 2.75) is 19.4 Å². The van der Waals surface area contributed by atoms with Crippen molar-refractivity contribution < 1.29 is 14.3 Å². The first kappa shape index (κ1) is 18.1. The van der Waals surface area contributed by atoms with Gasteiger partial charge in [0.15, 0.2) is 5.78 Å². The third-order valence-corrected chi connectivity index (χ3v) is 5.44. The lowest BCUT2D eigenvalue weighted by Crippen LogP contribution is -2.23. The summed E-state index contributed by atoms with van der Waals surface area (Å²) in [5.41, 5.74) is 2.82. The Hall–Kier alpha value is -2.30. The molecule has 4 rings (SSSR count). The van der Waals surface area contributed by atoms with E-state index < -0.39 is 0 Å². The van der Waals surface area contributed by atoms with Crippen molar-refractivity contribution in [3.63, 3.8) is 0 Å². The summed E-state index contributed by atoms with van der Waals surface area (Å²) < 4.78 is 13.1. The van der Waals surface area contributed by atoms with E-state index in [0.717, 1.165) is 23.1 Å². The van der Waals surface area contributed by atoms with Crippen LogP contribution < -0.4 is 4.74 Å². The van der Waals surface area contributed by atoms with Gasteiger partial charge in [-0.25, -0.2) is 0 Å². The number of methoxy groups -OCH3 is 1. The number of benzene rings is 2. The van der Waals surface area contributed by atoms with Crippen molar-refractivity contribution in [2.24, 2.45) is 5.92 Å². The van der Waals surface area contributed by atoms with Crippen molar-refractivity contribution in [1.82, 2.24) is 4.57 Å². The van der Waals surface area contributed by atoms with Crippen LogP contribution in [0.4, 0.5) is 0 Å². The first-order valence-corrected chi connectivity index (χ1v) is 9.55. The van der Waals surface area contributed by atoms with Crippen molar-refractivity contribution in [3.05, 3.63) is 64.8 Å². The van der Waals surface area contributed by atoms with Crippen LogP contribution in [0.3, 0.4) is 0 Å². The monoisotopic (exact) mass is 383 g/mol. The Labute approximate surface area is 163 Å². The Morgan fingerprint density at radius 3 is 2.96 bits per heavy atom. The number of halogens is 1. The number of para-hydroxylation sites is 1. The zero-order valence-corrected chi connectivity index (χ0v) is 16.0. The molecular weight excluding hydrogens is 362 g/mol. The summed E-state index contributed by atoms with van der Waals surface area (Å²) in [6.07, 6.45) is 3.22. The fraction of sp³-hybridized carbons (Fsp3) is 0.318. The molecule has 4 nitrogen and oxygen atoms in total. The number of carbonyl (C=O) groups excluding carboxylic acids is 1. The summed E-state index contributed by atoms with van der Waals surface area (Å²) in [6.45, 7) is 1.83. The van der Waals surface area contributed by atoms with Crippen LogP contribution in [-0.4, -0.2) is 30.7 Å². The van der Waals surface area contributed by atoms with Gasteiger partial charge in [0.2, 0.25) is 0 Å². The van der Waals surface area contributed by atoms with E-state index in [1.807, 2.05) is 47.2 Å². The highest BCUT2D eigenvalue weighted by Gasteiger charge is 2.25. The highest BCUT2D eigenvalue weighted by molar-refractivity contribution is 6.37. The first-order chi connectivity index (χ1) is 13.2. The molecule has 1 unspecified atom stereocenters. The van der Waals surface area contributed by atoms with Gasteiger partial charge in [-0.15, -0.1) is 0 Å². The van der Waals surface area contributed by atoms with Crippen LogP contribution in [0.2, 0.25) is 5.02 Å². The number of Topliss-reactive ketones (excluding diaryl/α,β-unsaturated/α-hetero) is 1. The third kappa shape index (κ3) is 3.60. The number of carbonyl (C=O) groups is 1. The van der Waals surface area contributed by atoms with Gasteiger partial charge in [-0.2, -0.15) is 0 Å². The first-order valence-electron chi connectivity index (χ1n) is 9.17. The molecule has 1 aliphatic heterocycles. The van der Waals surface area contributed by atoms with Crippen LogP contribution in [0, 0.1) is 5.92 Å². The van der Waals surface area contributed by atoms with Crippen LogP contribution >= 0.6 is 11.6 Å². The lowest BCUT2D eigenvalue weighted by atomic mass is 9.90. The molecule has 1 aliphatic rings. The lowest BCUT2D eigenvalue weighted by Gasteiger charge is -2.24. The Bertz CT molecular complexity index is 979. The number of rotatable bonds is 6. The molecule has 2 heterocycles. The molecule has 5 heteroatoms. The minimum absolute atomic E-state index is 0.109. The van der Waals surface area contributed by atoms with Gasteiger partial charge in [-0.3, -0.25) is 4.79 Å². The van der Waals surface area contributed by atoms with Gasteiger partial charge in [-0.05, 0) is 30.2 Å². The summed E-state index contributed by atoms with van der Waals surface area (Å²) in [5, 5.41) is 1.44. The quantitative estimate of drug-likeness (QED) is 0.576. The van der Waals surface area contributed by atoms with Crippen LogP contribution in [0.25, 0.3) is 10.9 Å². The minimum Gasteiger partial charge on any atom is -0.493 e. The van der Waals surface area contributed by atoms with E-state index in [1.54, 1.807) is 7.11 Å². The number of hydrogen-bond acceptors (Lipinski definition) is 3. The van der Waals surface area contributed by atoms with Gasteiger partial charge in [0.1, 0.15) is 5.75 Å². The smallest absolute Gasteiger partial charge is 0.165 e. The van der Waals surface area contributed by atoms with Crippen molar-refractivity contribution in [1.29, 1.82) is 0 Å². The summed E-state index contributed by atoms with van der Waals surface area (Å²) in [7, 11) is 1.67. The average molecular weight is 384 g/mol. The normalized spacial score (nSPS) is 16.1.